The monoisotopic (exact) mass is 344 g/mol. The van der Waals surface area contributed by atoms with E-state index in [-0.39, 0.29) is 30.0 Å². The van der Waals surface area contributed by atoms with Gasteiger partial charge in [0.2, 0.25) is 0 Å². The van der Waals surface area contributed by atoms with Crippen LogP contribution in [0.25, 0.3) is 0 Å². The van der Waals surface area contributed by atoms with Gasteiger partial charge in [0.15, 0.2) is 6.61 Å². The van der Waals surface area contributed by atoms with Crippen LogP contribution in [0.5, 0.6) is 0 Å². The molecule has 1 fully saturated rings. The van der Waals surface area contributed by atoms with Crippen LogP contribution in [0.1, 0.15) is 32.9 Å². The van der Waals surface area contributed by atoms with E-state index in [2.05, 4.69) is 10.6 Å². The fraction of sp³-hybridized carbons (Fsp3) is 0.235. The minimum atomic E-state index is -0.604. The second-order valence-corrected chi connectivity index (χ2v) is 6.38. The van der Waals surface area contributed by atoms with E-state index in [0.29, 0.717) is 10.6 Å². The Hall–Kier alpha value is -2.67. The van der Waals surface area contributed by atoms with Crippen LogP contribution in [-0.2, 0) is 9.53 Å². The molecule has 0 unspecified atom stereocenters. The molecule has 0 aliphatic heterocycles. The van der Waals surface area contributed by atoms with E-state index in [0.717, 1.165) is 12.8 Å². The molecule has 0 radical (unpaired) electrons. The largest absolute Gasteiger partial charge is 0.452 e. The zero-order valence-corrected chi connectivity index (χ0v) is 13.6. The van der Waals surface area contributed by atoms with E-state index in [1.165, 1.54) is 17.4 Å². The molecule has 1 heterocycles. The Bertz CT molecular complexity index is 754. The Balaban J connectivity index is 1.56. The van der Waals surface area contributed by atoms with Gasteiger partial charge in [-0.25, -0.2) is 4.79 Å². The molecule has 7 heteroatoms. The molecule has 6 nitrogen and oxygen atoms in total. The van der Waals surface area contributed by atoms with Crippen molar-refractivity contribution in [2.75, 3.05) is 11.9 Å². The molecule has 1 aliphatic carbocycles. The highest BCUT2D eigenvalue weighted by molar-refractivity contribution is 7.12. The van der Waals surface area contributed by atoms with Crippen LogP contribution in [0.15, 0.2) is 41.8 Å². The van der Waals surface area contributed by atoms with Gasteiger partial charge in [-0.15, -0.1) is 11.3 Å². The lowest BCUT2D eigenvalue weighted by molar-refractivity contribution is -0.124. The molecule has 2 N–H and O–H groups in total. The molecule has 1 saturated carbocycles. The second kappa shape index (κ2) is 7.27. The number of benzene rings is 1. The van der Waals surface area contributed by atoms with Crippen LogP contribution < -0.4 is 10.6 Å². The maximum absolute atomic E-state index is 12.0. The van der Waals surface area contributed by atoms with E-state index in [9.17, 15) is 14.4 Å². The highest BCUT2D eigenvalue weighted by Gasteiger charge is 2.23. The summed E-state index contributed by atoms with van der Waals surface area (Å²) >= 11 is 1.33. The number of nitrogens with one attached hydrogen (secondary N) is 2. The third-order valence-corrected chi connectivity index (χ3v) is 4.25. The predicted molar refractivity (Wildman–Crippen MR) is 90.2 cm³/mol. The molecule has 0 spiro atoms. The summed E-state index contributed by atoms with van der Waals surface area (Å²) in [4.78, 5) is 36.1. The highest BCUT2D eigenvalue weighted by atomic mass is 32.1. The van der Waals surface area contributed by atoms with Crippen LogP contribution in [0, 0.1) is 0 Å². The summed E-state index contributed by atoms with van der Waals surface area (Å²) in [7, 11) is 0. The maximum atomic E-state index is 12.0. The molecule has 124 valence electrons. The van der Waals surface area contributed by atoms with Crippen molar-refractivity contribution in [3.05, 3.63) is 52.2 Å². The van der Waals surface area contributed by atoms with Gasteiger partial charge >= 0.3 is 5.97 Å². The second-order valence-electron chi connectivity index (χ2n) is 5.43. The SMILES string of the molecule is O=C(COC(=O)c1cccc(NC(=O)c2cccs2)c1)NC1CC1. The maximum Gasteiger partial charge on any atom is 0.338 e. The van der Waals surface area contributed by atoms with Crippen molar-refractivity contribution in [3.8, 4) is 0 Å². The molecule has 1 aliphatic rings. The number of ether oxygens (including phenoxy) is 1. The van der Waals surface area contributed by atoms with Gasteiger partial charge in [-0.3, -0.25) is 9.59 Å². The summed E-state index contributed by atoms with van der Waals surface area (Å²) in [5.74, 6) is -1.14. The van der Waals surface area contributed by atoms with Gasteiger partial charge in [0, 0.05) is 11.7 Å². The van der Waals surface area contributed by atoms with Crippen molar-refractivity contribution < 1.29 is 19.1 Å². The van der Waals surface area contributed by atoms with Gasteiger partial charge in [0.1, 0.15) is 0 Å². The number of anilines is 1. The minimum Gasteiger partial charge on any atom is -0.452 e. The number of rotatable bonds is 6. The fourth-order valence-electron chi connectivity index (χ4n) is 2.04. The Morgan fingerprint density at radius 2 is 2.00 bits per heavy atom. The van der Waals surface area contributed by atoms with Gasteiger partial charge < -0.3 is 15.4 Å². The minimum absolute atomic E-state index is 0.229. The molecule has 0 atom stereocenters. The van der Waals surface area contributed by atoms with E-state index < -0.39 is 5.97 Å². The zero-order chi connectivity index (χ0) is 16.9. The van der Waals surface area contributed by atoms with Gasteiger partial charge in [-0.1, -0.05) is 12.1 Å². The molecule has 24 heavy (non-hydrogen) atoms. The molecule has 3 rings (SSSR count). The predicted octanol–water partition coefficient (Wildman–Crippen LogP) is 2.44. The Morgan fingerprint density at radius 3 is 2.71 bits per heavy atom. The molecule has 1 aromatic carbocycles. The lowest BCUT2D eigenvalue weighted by Crippen LogP contribution is -2.30. The number of carbonyl (C=O) groups is 3. The van der Waals surface area contributed by atoms with Crippen LogP contribution >= 0.6 is 11.3 Å². The number of thiophene rings is 1. The summed E-state index contributed by atoms with van der Waals surface area (Å²) in [6, 6.07) is 10.2. The number of amides is 2. The van der Waals surface area contributed by atoms with E-state index >= 15 is 0 Å². The summed E-state index contributed by atoms with van der Waals surface area (Å²) in [5.41, 5.74) is 0.767. The van der Waals surface area contributed by atoms with Crippen molar-refractivity contribution >= 4 is 34.8 Å². The van der Waals surface area contributed by atoms with Crippen molar-refractivity contribution in [1.29, 1.82) is 0 Å². The van der Waals surface area contributed by atoms with Crippen LogP contribution in [0.3, 0.4) is 0 Å². The quantitative estimate of drug-likeness (QED) is 0.788. The van der Waals surface area contributed by atoms with Gasteiger partial charge in [0.05, 0.1) is 10.4 Å². The fourth-order valence-corrected chi connectivity index (χ4v) is 2.65. The Labute approximate surface area is 142 Å². The lowest BCUT2D eigenvalue weighted by atomic mass is 10.2. The highest BCUT2D eigenvalue weighted by Crippen LogP contribution is 2.18. The summed E-state index contributed by atoms with van der Waals surface area (Å²) in [6.45, 7) is -0.304. The molecular weight excluding hydrogens is 328 g/mol. The van der Waals surface area contributed by atoms with E-state index in [1.807, 2.05) is 5.38 Å². The Morgan fingerprint density at radius 1 is 1.17 bits per heavy atom. The number of esters is 1. The molecule has 2 aromatic rings. The average molecular weight is 344 g/mol. The molecule has 0 saturated heterocycles. The molecule has 2 amide bonds. The molecular formula is C17H16N2O4S. The topological polar surface area (TPSA) is 84.5 Å². The van der Waals surface area contributed by atoms with Crippen LogP contribution in [-0.4, -0.2) is 30.4 Å². The zero-order valence-electron chi connectivity index (χ0n) is 12.8. The smallest absolute Gasteiger partial charge is 0.338 e. The summed E-state index contributed by atoms with van der Waals surface area (Å²) < 4.78 is 4.99. The first-order valence-electron chi connectivity index (χ1n) is 7.53. The molecule has 0 bridgehead atoms. The third-order valence-electron chi connectivity index (χ3n) is 3.38. The van der Waals surface area contributed by atoms with Crippen molar-refractivity contribution in [3.63, 3.8) is 0 Å². The van der Waals surface area contributed by atoms with Gasteiger partial charge in [-0.05, 0) is 42.5 Å². The number of hydrogen-bond donors (Lipinski definition) is 2. The van der Waals surface area contributed by atoms with Gasteiger partial charge in [-0.2, -0.15) is 0 Å². The first-order chi connectivity index (χ1) is 11.6. The lowest BCUT2D eigenvalue weighted by Gasteiger charge is -2.08. The van der Waals surface area contributed by atoms with E-state index in [4.69, 9.17) is 4.74 Å². The average Bonchev–Trinajstić information content (AvgIpc) is 3.21. The van der Waals surface area contributed by atoms with Gasteiger partial charge in [0.25, 0.3) is 11.8 Å². The van der Waals surface area contributed by atoms with Crippen molar-refractivity contribution in [2.24, 2.45) is 0 Å². The summed E-state index contributed by atoms with van der Waals surface area (Å²) in [6.07, 6.45) is 1.96. The van der Waals surface area contributed by atoms with Crippen LogP contribution in [0.4, 0.5) is 5.69 Å². The van der Waals surface area contributed by atoms with Crippen molar-refractivity contribution in [1.82, 2.24) is 5.32 Å². The Kier molecular flexibility index (Phi) is 4.90. The summed E-state index contributed by atoms with van der Waals surface area (Å²) in [5, 5.41) is 7.28. The normalized spacial score (nSPS) is 13.2. The van der Waals surface area contributed by atoms with Crippen LogP contribution in [0.2, 0.25) is 0 Å². The number of hydrogen-bond acceptors (Lipinski definition) is 5. The number of carbonyl (C=O) groups excluding carboxylic acids is 3. The molecule has 1 aromatic heterocycles. The first-order valence-corrected chi connectivity index (χ1v) is 8.41. The van der Waals surface area contributed by atoms with E-state index in [1.54, 1.807) is 30.3 Å². The van der Waals surface area contributed by atoms with Crippen molar-refractivity contribution in [2.45, 2.75) is 18.9 Å². The standard InChI is InChI=1S/C17H16N2O4S/c20-15(18-12-6-7-12)10-23-17(22)11-3-1-4-13(9-11)19-16(21)14-5-2-8-24-14/h1-5,8-9,12H,6-7,10H2,(H,18,20)(H,19,21). The first kappa shape index (κ1) is 16.2. The third kappa shape index (κ3) is 4.42.